The lowest BCUT2D eigenvalue weighted by molar-refractivity contribution is -0.150. The molecule has 0 unspecified atom stereocenters. The van der Waals surface area contributed by atoms with Crippen molar-refractivity contribution in [3.8, 4) is 0 Å². The number of carbonyl (C=O) groups is 1. The average molecular weight is 179 g/mol. The largest absolute Gasteiger partial charge is 0.370 e. The molecule has 1 rings (SSSR count). The van der Waals surface area contributed by atoms with Crippen molar-refractivity contribution in [3.63, 3.8) is 0 Å². The van der Waals surface area contributed by atoms with Crippen molar-refractivity contribution < 1.29 is 9.63 Å². The maximum atomic E-state index is 10.5. The smallest absolute Gasteiger partial charge is 0.321 e. The van der Waals surface area contributed by atoms with Gasteiger partial charge >= 0.3 is 5.97 Å². The van der Waals surface area contributed by atoms with Crippen LogP contribution in [-0.2, 0) is 9.63 Å². The number of nitrogens with one attached hydrogen (secondary N) is 1. The summed E-state index contributed by atoms with van der Waals surface area (Å²) in [4.78, 5) is 15.2. The fourth-order valence-corrected chi connectivity index (χ4v) is 0.981. The Balaban J connectivity index is 2.49. The normalized spacial score (nSPS) is 12.2. The number of benzene rings is 1. The molecule has 0 aliphatic carbocycles. The van der Waals surface area contributed by atoms with Crippen LogP contribution in [0.4, 0.5) is 0 Å². The van der Waals surface area contributed by atoms with Crippen LogP contribution in [0.2, 0.25) is 0 Å². The van der Waals surface area contributed by atoms with Gasteiger partial charge in [0.1, 0.15) is 0 Å². The van der Waals surface area contributed by atoms with Crippen molar-refractivity contribution in [2.45, 2.75) is 19.9 Å². The molecule has 1 atom stereocenters. The number of hydrogen-bond acceptors (Lipinski definition) is 3. The molecule has 0 aromatic heterocycles. The van der Waals surface area contributed by atoms with E-state index in [0.717, 1.165) is 5.56 Å². The van der Waals surface area contributed by atoms with Gasteiger partial charge in [-0.15, -0.1) is 5.48 Å². The topological polar surface area (TPSA) is 38.3 Å². The second kappa shape index (κ2) is 4.62. The summed E-state index contributed by atoms with van der Waals surface area (Å²) in [6, 6.07) is 9.80. The van der Waals surface area contributed by atoms with Crippen molar-refractivity contribution in [2.75, 3.05) is 0 Å². The van der Waals surface area contributed by atoms with Crippen LogP contribution in [0.5, 0.6) is 0 Å². The van der Waals surface area contributed by atoms with Gasteiger partial charge in [-0.25, -0.2) is 0 Å². The van der Waals surface area contributed by atoms with Gasteiger partial charge in [0.2, 0.25) is 0 Å². The molecule has 0 aliphatic heterocycles. The van der Waals surface area contributed by atoms with Crippen molar-refractivity contribution in [3.05, 3.63) is 35.9 Å². The van der Waals surface area contributed by atoms with Crippen molar-refractivity contribution >= 4 is 5.97 Å². The lowest BCUT2D eigenvalue weighted by atomic mass is 10.1. The summed E-state index contributed by atoms with van der Waals surface area (Å²) < 4.78 is 0. The van der Waals surface area contributed by atoms with E-state index in [-0.39, 0.29) is 12.0 Å². The molecule has 70 valence electrons. The first-order valence-corrected chi connectivity index (χ1v) is 4.18. The minimum atomic E-state index is -0.331. The second-order valence-corrected chi connectivity index (χ2v) is 2.84. The van der Waals surface area contributed by atoms with E-state index in [9.17, 15) is 4.79 Å². The van der Waals surface area contributed by atoms with E-state index in [0.29, 0.717) is 0 Å². The van der Waals surface area contributed by atoms with Crippen molar-refractivity contribution in [2.24, 2.45) is 0 Å². The molecule has 0 aliphatic rings. The zero-order valence-corrected chi connectivity index (χ0v) is 7.78. The fraction of sp³-hybridized carbons (Fsp3) is 0.300. The van der Waals surface area contributed by atoms with Crippen LogP contribution in [0.15, 0.2) is 30.3 Å². The van der Waals surface area contributed by atoms with E-state index >= 15 is 0 Å². The number of hydrogen-bond donors (Lipinski definition) is 1. The van der Waals surface area contributed by atoms with Crippen LogP contribution < -0.4 is 5.48 Å². The van der Waals surface area contributed by atoms with Crippen LogP contribution in [-0.4, -0.2) is 5.97 Å². The van der Waals surface area contributed by atoms with Gasteiger partial charge in [0, 0.05) is 6.92 Å². The maximum absolute atomic E-state index is 10.5. The molecule has 3 heteroatoms. The third kappa shape index (κ3) is 3.25. The third-order valence-corrected chi connectivity index (χ3v) is 1.68. The predicted octanol–water partition coefficient (Wildman–Crippen LogP) is 1.82. The summed E-state index contributed by atoms with van der Waals surface area (Å²) in [7, 11) is 0. The van der Waals surface area contributed by atoms with Gasteiger partial charge in [-0.3, -0.25) is 4.79 Å². The Kier molecular flexibility index (Phi) is 3.46. The van der Waals surface area contributed by atoms with Gasteiger partial charge in [-0.2, -0.15) is 0 Å². The van der Waals surface area contributed by atoms with Crippen molar-refractivity contribution in [1.82, 2.24) is 5.48 Å². The molecule has 3 nitrogen and oxygen atoms in total. The molecular weight excluding hydrogens is 166 g/mol. The van der Waals surface area contributed by atoms with Crippen LogP contribution in [0.3, 0.4) is 0 Å². The minimum absolute atomic E-state index is 0.0186. The van der Waals surface area contributed by atoms with Gasteiger partial charge < -0.3 is 4.84 Å². The maximum Gasteiger partial charge on any atom is 0.321 e. The molecule has 13 heavy (non-hydrogen) atoms. The Labute approximate surface area is 77.7 Å². The van der Waals surface area contributed by atoms with Crippen molar-refractivity contribution in [1.29, 1.82) is 0 Å². The quantitative estimate of drug-likeness (QED) is 0.719. The summed E-state index contributed by atoms with van der Waals surface area (Å²) in [5.74, 6) is -0.331. The van der Waals surface area contributed by atoms with E-state index in [1.807, 2.05) is 37.3 Å². The first kappa shape index (κ1) is 9.74. The Morgan fingerprint density at radius 1 is 1.38 bits per heavy atom. The van der Waals surface area contributed by atoms with Gasteiger partial charge in [0.15, 0.2) is 0 Å². The molecular formula is C10H13NO2. The third-order valence-electron chi connectivity index (χ3n) is 1.68. The van der Waals surface area contributed by atoms with Crippen LogP contribution in [0.1, 0.15) is 25.5 Å². The standard InChI is InChI=1S/C10H13NO2/c1-8(11-13-9(2)12)10-6-4-3-5-7-10/h3-8,11H,1-2H3/t8-/m0/s1. The average Bonchev–Trinajstić information content (AvgIpc) is 2.15. The van der Waals surface area contributed by atoms with E-state index in [1.165, 1.54) is 6.92 Å². The highest BCUT2D eigenvalue weighted by atomic mass is 16.7. The summed E-state index contributed by atoms with van der Waals surface area (Å²) in [6.07, 6.45) is 0. The van der Waals surface area contributed by atoms with Gasteiger partial charge in [0.05, 0.1) is 6.04 Å². The molecule has 0 bridgehead atoms. The molecule has 1 aromatic rings. The minimum Gasteiger partial charge on any atom is -0.370 e. The first-order chi connectivity index (χ1) is 6.20. The Morgan fingerprint density at radius 3 is 2.54 bits per heavy atom. The van der Waals surface area contributed by atoms with Crippen LogP contribution in [0, 0.1) is 0 Å². The lowest BCUT2D eigenvalue weighted by Gasteiger charge is -2.12. The first-order valence-electron chi connectivity index (χ1n) is 4.18. The number of carbonyl (C=O) groups excluding carboxylic acids is 1. The summed E-state index contributed by atoms with van der Waals surface area (Å²) in [5, 5.41) is 0. The zero-order chi connectivity index (χ0) is 9.68. The molecule has 0 fully saturated rings. The fourth-order valence-electron chi connectivity index (χ4n) is 0.981. The van der Waals surface area contributed by atoms with E-state index in [1.54, 1.807) is 0 Å². The Bertz CT molecular complexity index is 272. The number of hydroxylamine groups is 1. The second-order valence-electron chi connectivity index (χ2n) is 2.84. The molecule has 0 saturated heterocycles. The molecule has 1 N–H and O–H groups in total. The molecule has 0 amide bonds. The van der Waals surface area contributed by atoms with Crippen LogP contribution in [0.25, 0.3) is 0 Å². The molecule has 0 heterocycles. The Morgan fingerprint density at radius 2 is 2.00 bits per heavy atom. The summed E-state index contributed by atoms with van der Waals surface area (Å²) >= 11 is 0. The highest BCUT2D eigenvalue weighted by Gasteiger charge is 2.04. The van der Waals surface area contributed by atoms with Gasteiger partial charge in [-0.1, -0.05) is 30.3 Å². The van der Waals surface area contributed by atoms with E-state index in [2.05, 4.69) is 10.3 Å². The highest BCUT2D eigenvalue weighted by Crippen LogP contribution is 2.10. The number of rotatable bonds is 3. The Hall–Kier alpha value is -1.35. The van der Waals surface area contributed by atoms with Crippen LogP contribution >= 0.6 is 0 Å². The highest BCUT2D eigenvalue weighted by molar-refractivity contribution is 5.65. The lowest BCUT2D eigenvalue weighted by Crippen LogP contribution is -2.21. The molecule has 0 saturated carbocycles. The van der Waals surface area contributed by atoms with Gasteiger partial charge in [-0.05, 0) is 12.5 Å². The molecule has 0 spiro atoms. The van der Waals surface area contributed by atoms with E-state index < -0.39 is 0 Å². The SMILES string of the molecule is CC(=O)ON[C@@H](C)c1ccccc1. The van der Waals surface area contributed by atoms with Gasteiger partial charge in [0.25, 0.3) is 0 Å². The predicted molar refractivity (Wildman–Crippen MR) is 49.8 cm³/mol. The summed E-state index contributed by atoms with van der Waals surface area (Å²) in [6.45, 7) is 3.29. The van der Waals surface area contributed by atoms with E-state index in [4.69, 9.17) is 0 Å². The monoisotopic (exact) mass is 179 g/mol. The zero-order valence-electron chi connectivity index (χ0n) is 7.78. The molecule has 0 radical (unpaired) electrons. The summed E-state index contributed by atoms with van der Waals surface area (Å²) in [5.41, 5.74) is 3.74. The molecule has 1 aromatic carbocycles.